The van der Waals surface area contributed by atoms with Crippen LogP contribution in [0.1, 0.15) is 23.6 Å². The predicted molar refractivity (Wildman–Crippen MR) is 76.5 cm³/mol. The molecule has 1 aromatic heterocycles. The van der Waals surface area contributed by atoms with Crippen LogP contribution in [0.2, 0.25) is 5.15 Å². The minimum Gasteiger partial charge on any atom is -0.297 e. The summed E-state index contributed by atoms with van der Waals surface area (Å²) < 4.78 is 0.955. The number of rotatable bonds is 2. The molecule has 0 atom stereocenters. The number of halogens is 1. The molecule has 0 radical (unpaired) electrons. The van der Waals surface area contributed by atoms with E-state index in [1.807, 2.05) is 6.07 Å². The molecule has 1 N–H and O–H groups in total. The minimum atomic E-state index is -0.653. The quantitative estimate of drug-likeness (QED) is 0.858. The standard InChI is InChI=1S/C14H12ClN3O2/c1-3-9-12(15)17-14(20)18(13(9)19)11-6-4-5-8(2)10(11)7-16/h4-6H,3H2,1-2H3,(H,17,20). The van der Waals surface area contributed by atoms with Crippen LogP contribution in [0.4, 0.5) is 0 Å². The van der Waals surface area contributed by atoms with Crippen molar-refractivity contribution in [3.05, 3.63) is 60.9 Å². The van der Waals surface area contributed by atoms with Crippen LogP contribution in [0.25, 0.3) is 5.69 Å². The summed E-state index contributed by atoms with van der Waals surface area (Å²) in [4.78, 5) is 26.8. The van der Waals surface area contributed by atoms with E-state index in [2.05, 4.69) is 4.98 Å². The SMILES string of the molecule is CCc1c(Cl)[nH]c(=O)n(-c2cccc(C)c2C#N)c1=O. The third-order valence-corrected chi connectivity index (χ3v) is 3.43. The van der Waals surface area contributed by atoms with Gasteiger partial charge in [-0.2, -0.15) is 5.26 Å². The van der Waals surface area contributed by atoms with E-state index in [1.165, 1.54) is 0 Å². The number of hydrogen-bond donors (Lipinski definition) is 1. The predicted octanol–water partition coefficient (Wildman–Crippen LogP) is 1.92. The Kier molecular flexibility index (Phi) is 3.77. The van der Waals surface area contributed by atoms with Gasteiger partial charge in [0.2, 0.25) is 0 Å². The van der Waals surface area contributed by atoms with Gasteiger partial charge in [0.1, 0.15) is 11.2 Å². The fourth-order valence-corrected chi connectivity index (χ4v) is 2.35. The van der Waals surface area contributed by atoms with Gasteiger partial charge in [-0.05, 0) is 25.0 Å². The van der Waals surface area contributed by atoms with Crippen molar-refractivity contribution in [3.8, 4) is 11.8 Å². The number of aryl methyl sites for hydroxylation is 1. The molecule has 0 aliphatic heterocycles. The number of aromatic amines is 1. The minimum absolute atomic E-state index is 0.0462. The zero-order valence-electron chi connectivity index (χ0n) is 11.0. The molecule has 0 spiro atoms. The zero-order valence-corrected chi connectivity index (χ0v) is 11.8. The van der Waals surface area contributed by atoms with Crippen molar-refractivity contribution in [1.82, 2.24) is 9.55 Å². The molecule has 0 aliphatic rings. The van der Waals surface area contributed by atoms with E-state index in [0.29, 0.717) is 23.1 Å². The first-order chi connectivity index (χ1) is 9.51. The van der Waals surface area contributed by atoms with E-state index in [4.69, 9.17) is 11.6 Å². The summed E-state index contributed by atoms with van der Waals surface area (Å²) in [5.74, 6) is 0. The smallest absolute Gasteiger partial charge is 0.297 e. The number of nitrogens with zero attached hydrogens (tertiary/aromatic N) is 2. The monoisotopic (exact) mass is 289 g/mol. The second-order valence-corrected chi connectivity index (χ2v) is 4.68. The van der Waals surface area contributed by atoms with E-state index < -0.39 is 11.2 Å². The summed E-state index contributed by atoms with van der Waals surface area (Å²) in [5, 5.41) is 9.27. The van der Waals surface area contributed by atoms with Gasteiger partial charge >= 0.3 is 5.69 Å². The van der Waals surface area contributed by atoms with Gasteiger partial charge < -0.3 is 0 Å². The lowest BCUT2D eigenvalue weighted by Crippen LogP contribution is -2.36. The Hall–Kier alpha value is -2.32. The van der Waals surface area contributed by atoms with Gasteiger partial charge in [0.05, 0.1) is 16.8 Å². The van der Waals surface area contributed by atoms with Crippen molar-refractivity contribution < 1.29 is 0 Å². The maximum atomic E-state index is 12.4. The van der Waals surface area contributed by atoms with E-state index in [1.54, 1.807) is 32.0 Å². The van der Waals surface area contributed by atoms with Crippen molar-refractivity contribution in [2.24, 2.45) is 0 Å². The van der Waals surface area contributed by atoms with Crippen molar-refractivity contribution in [2.45, 2.75) is 20.3 Å². The normalized spacial score (nSPS) is 10.3. The van der Waals surface area contributed by atoms with Crippen LogP contribution >= 0.6 is 11.6 Å². The van der Waals surface area contributed by atoms with Crippen LogP contribution in [0, 0.1) is 18.3 Å². The number of nitriles is 1. The molecule has 0 amide bonds. The van der Waals surface area contributed by atoms with Gasteiger partial charge in [0, 0.05) is 0 Å². The van der Waals surface area contributed by atoms with Gasteiger partial charge in [-0.3, -0.25) is 9.78 Å². The van der Waals surface area contributed by atoms with Gasteiger partial charge in [-0.1, -0.05) is 30.7 Å². The summed E-state index contributed by atoms with van der Waals surface area (Å²) in [5.41, 5.74) is 0.429. The number of H-pyrrole nitrogens is 1. The highest BCUT2D eigenvalue weighted by atomic mass is 35.5. The average molecular weight is 290 g/mol. The molecule has 5 nitrogen and oxygen atoms in total. The lowest BCUT2D eigenvalue weighted by atomic mass is 10.1. The molecule has 0 unspecified atom stereocenters. The fourth-order valence-electron chi connectivity index (χ4n) is 2.06. The molecule has 0 saturated heterocycles. The van der Waals surface area contributed by atoms with Crippen LogP contribution < -0.4 is 11.2 Å². The average Bonchev–Trinajstić information content (AvgIpc) is 2.39. The van der Waals surface area contributed by atoms with E-state index in [-0.39, 0.29) is 10.8 Å². The van der Waals surface area contributed by atoms with E-state index in [9.17, 15) is 14.9 Å². The van der Waals surface area contributed by atoms with Crippen LogP contribution in [-0.4, -0.2) is 9.55 Å². The fraction of sp³-hybridized carbons (Fsp3) is 0.214. The molecule has 0 saturated carbocycles. The molecular formula is C14H12ClN3O2. The zero-order chi connectivity index (χ0) is 14.9. The van der Waals surface area contributed by atoms with Crippen molar-refractivity contribution in [2.75, 3.05) is 0 Å². The van der Waals surface area contributed by atoms with Crippen LogP contribution in [-0.2, 0) is 6.42 Å². The maximum absolute atomic E-state index is 12.4. The lowest BCUT2D eigenvalue weighted by molar-refractivity contribution is 0.839. The van der Waals surface area contributed by atoms with Gasteiger partial charge in [-0.25, -0.2) is 9.36 Å². The highest BCUT2D eigenvalue weighted by Gasteiger charge is 2.16. The van der Waals surface area contributed by atoms with Crippen LogP contribution in [0.5, 0.6) is 0 Å². The van der Waals surface area contributed by atoms with Crippen LogP contribution in [0.15, 0.2) is 27.8 Å². The summed E-state index contributed by atoms with van der Waals surface area (Å²) in [7, 11) is 0. The topological polar surface area (TPSA) is 78.7 Å². The summed E-state index contributed by atoms with van der Waals surface area (Å²) in [6.45, 7) is 3.52. The lowest BCUT2D eigenvalue weighted by Gasteiger charge is -2.10. The Morgan fingerprint density at radius 3 is 2.70 bits per heavy atom. The molecule has 102 valence electrons. The van der Waals surface area contributed by atoms with Gasteiger partial charge in [0.25, 0.3) is 5.56 Å². The van der Waals surface area contributed by atoms with Gasteiger partial charge in [-0.15, -0.1) is 0 Å². The van der Waals surface area contributed by atoms with Crippen molar-refractivity contribution in [3.63, 3.8) is 0 Å². The largest absolute Gasteiger partial charge is 0.334 e. The number of benzene rings is 1. The number of nitrogens with one attached hydrogen (secondary N) is 1. The Labute approximate surface area is 120 Å². The first-order valence-electron chi connectivity index (χ1n) is 6.05. The molecular weight excluding hydrogens is 278 g/mol. The number of hydrogen-bond acceptors (Lipinski definition) is 3. The third kappa shape index (κ3) is 2.15. The Bertz CT molecular complexity index is 828. The Morgan fingerprint density at radius 1 is 1.40 bits per heavy atom. The second-order valence-electron chi connectivity index (χ2n) is 4.30. The second kappa shape index (κ2) is 5.35. The van der Waals surface area contributed by atoms with Gasteiger partial charge in [0.15, 0.2) is 0 Å². The van der Waals surface area contributed by atoms with E-state index in [0.717, 1.165) is 4.57 Å². The maximum Gasteiger partial charge on any atom is 0.334 e. The first kappa shape index (κ1) is 14.1. The molecule has 0 bridgehead atoms. The summed E-state index contributed by atoms with van der Waals surface area (Å²) in [6, 6.07) is 7.03. The van der Waals surface area contributed by atoms with Crippen molar-refractivity contribution >= 4 is 11.6 Å². The highest BCUT2D eigenvalue weighted by molar-refractivity contribution is 6.30. The third-order valence-electron chi connectivity index (χ3n) is 3.10. The molecule has 2 aromatic rings. The highest BCUT2D eigenvalue weighted by Crippen LogP contribution is 2.16. The molecule has 0 aliphatic carbocycles. The molecule has 2 rings (SSSR count). The molecule has 6 heteroatoms. The summed E-state index contributed by atoms with van der Waals surface area (Å²) in [6.07, 6.45) is 0.391. The first-order valence-corrected chi connectivity index (χ1v) is 6.42. The van der Waals surface area contributed by atoms with Crippen molar-refractivity contribution in [1.29, 1.82) is 5.26 Å². The summed E-state index contributed by atoms with van der Waals surface area (Å²) >= 11 is 5.87. The molecule has 1 heterocycles. The Morgan fingerprint density at radius 2 is 2.10 bits per heavy atom. The van der Waals surface area contributed by atoms with Crippen LogP contribution in [0.3, 0.4) is 0 Å². The molecule has 0 fully saturated rings. The molecule has 1 aromatic carbocycles. The Balaban J connectivity index is 2.92. The van der Waals surface area contributed by atoms with E-state index >= 15 is 0 Å². The number of aromatic nitrogens is 2. The molecule has 20 heavy (non-hydrogen) atoms.